The minimum atomic E-state index is 0.786. The Morgan fingerprint density at radius 2 is 1.85 bits per heavy atom. The maximum atomic E-state index is 11.4. The maximum absolute atomic E-state index is 11.4. The van der Waals surface area contributed by atoms with Crippen LogP contribution in [0.4, 0.5) is 0 Å². The van der Waals surface area contributed by atoms with Crippen molar-refractivity contribution < 1.29 is 9.53 Å². The molecule has 0 saturated heterocycles. The summed E-state index contributed by atoms with van der Waals surface area (Å²) in [7, 11) is 1.68. The van der Waals surface area contributed by atoms with Crippen molar-refractivity contribution in [3.05, 3.63) is 70.8 Å². The van der Waals surface area contributed by atoms with E-state index in [0.717, 1.165) is 47.2 Å². The van der Waals surface area contributed by atoms with E-state index in [9.17, 15) is 4.79 Å². The Labute approximate surface area is 118 Å². The molecule has 100 valence electrons. The number of ether oxygens (including phenoxy) is 1. The predicted molar refractivity (Wildman–Crippen MR) is 79.8 cm³/mol. The van der Waals surface area contributed by atoms with Gasteiger partial charge in [-0.2, -0.15) is 0 Å². The van der Waals surface area contributed by atoms with Crippen LogP contribution in [0.3, 0.4) is 0 Å². The van der Waals surface area contributed by atoms with Crippen LogP contribution in [0.1, 0.15) is 23.1 Å². The van der Waals surface area contributed by atoms with Crippen molar-refractivity contribution in [2.45, 2.75) is 12.8 Å². The fraction of sp³-hybridized carbons (Fsp3) is 0.167. The SMILES string of the molecule is COc1ccc2c(c1)CCC(C=O)=C2c1ccccc1. The monoisotopic (exact) mass is 264 g/mol. The summed E-state index contributed by atoms with van der Waals surface area (Å²) in [4.78, 5) is 11.4. The summed E-state index contributed by atoms with van der Waals surface area (Å²) in [6.45, 7) is 0. The van der Waals surface area contributed by atoms with E-state index >= 15 is 0 Å². The van der Waals surface area contributed by atoms with Crippen molar-refractivity contribution in [3.63, 3.8) is 0 Å². The molecule has 0 bridgehead atoms. The van der Waals surface area contributed by atoms with Crippen molar-refractivity contribution in [3.8, 4) is 5.75 Å². The van der Waals surface area contributed by atoms with E-state index in [2.05, 4.69) is 24.3 Å². The molecule has 2 heteroatoms. The highest BCUT2D eigenvalue weighted by atomic mass is 16.5. The highest BCUT2D eigenvalue weighted by molar-refractivity contribution is 5.96. The van der Waals surface area contributed by atoms with Gasteiger partial charge < -0.3 is 4.74 Å². The first-order chi connectivity index (χ1) is 9.83. The fourth-order valence-corrected chi connectivity index (χ4v) is 2.78. The highest BCUT2D eigenvalue weighted by Gasteiger charge is 2.20. The first kappa shape index (κ1) is 12.7. The molecule has 2 aromatic rings. The second kappa shape index (κ2) is 5.33. The molecule has 0 saturated carbocycles. The summed E-state index contributed by atoms with van der Waals surface area (Å²) in [5, 5.41) is 0. The number of aryl methyl sites for hydroxylation is 1. The van der Waals surface area contributed by atoms with Gasteiger partial charge in [-0.25, -0.2) is 0 Å². The second-order valence-electron chi connectivity index (χ2n) is 4.91. The van der Waals surface area contributed by atoms with Crippen LogP contribution in [0.2, 0.25) is 0 Å². The second-order valence-corrected chi connectivity index (χ2v) is 4.91. The summed E-state index contributed by atoms with van der Waals surface area (Å²) in [5.74, 6) is 0.866. The topological polar surface area (TPSA) is 26.3 Å². The van der Waals surface area contributed by atoms with E-state index in [1.54, 1.807) is 7.11 Å². The number of benzene rings is 2. The minimum Gasteiger partial charge on any atom is -0.497 e. The van der Waals surface area contributed by atoms with Gasteiger partial charge in [0.05, 0.1) is 7.11 Å². The third-order valence-corrected chi connectivity index (χ3v) is 3.77. The number of hydrogen-bond donors (Lipinski definition) is 0. The number of allylic oxidation sites excluding steroid dienone is 1. The van der Waals surface area contributed by atoms with Crippen molar-refractivity contribution in [1.82, 2.24) is 0 Å². The Hall–Kier alpha value is -2.35. The summed E-state index contributed by atoms with van der Waals surface area (Å²) < 4.78 is 5.29. The summed E-state index contributed by atoms with van der Waals surface area (Å²) in [5.41, 5.74) is 5.43. The van der Waals surface area contributed by atoms with Crippen molar-refractivity contribution in [1.29, 1.82) is 0 Å². The molecule has 0 unspecified atom stereocenters. The van der Waals surface area contributed by atoms with Crippen LogP contribution in [0.15, 0.2) is 54.1 Å². The number of methoxy groups -OCH3 is 1. The fourth-order valence-electron chi connectivity index (χ4n) is 2.78. The molecule has 0 aliphatic heterocycles. The Bertz CT molecular complexity index is 669. The maximum Gasteiger partial charge on any atom is 0.146 e. The standard InChI is InChI=1S/C18H16O2/c1-20-16-9-10-17-14(11-16)7-8-15(12-19)18(17)13-5-3-2-4-6-13/h2-6,9-12H,7-8H2,1H3. The highest BCUT2D eigenvalue weighted by Crippen LogP contribution is 2.36. The van der Waals surface area contributed by atoms with Gasteiger partial charge in [-0.15, -0.1) is 0 Å². The third-order valence-electron chi connectivity index (χ3n) is 3.77. The smallest absolute Gasteiger partial charge is 0.146 e. The van der Waals surface area contributed by atoms with Crippen molar-refractivity contribution >= 4 is 11.9 Å². The molecule has 3 rings (SSSR count). The lowest BCUT2D eigenvalue weighted by Gasteiger charge is -2.22. The number of fused-ring (bicyclic) bond motifs is 1. The molecule has 0 heterocycles. The van der Waals surface area contributed by atoms with Gasteiger partial charge in [0.25, 0.3) is 0 Å². The van der Waals surface area contributed by atoms with E-state index in [1.165, 1.54) is 5.56 Å². The zero-order valence-corrected chi connectivity index (χ0v) is 11.4. The minimum absolute atomic E-state index is 0.786. The van der Waals surface area contributed by atoms with Gasteiger partial charge in [0, 0.05) is 5.57 Å². The van der Waals surface area contributed by atoms with Gasteiger partial charge in [0.15, 0.2) is 0 Å². The molecule has 0 fully saturated rings. The molecular weight excluding hydrogens is 248 g/mol. The Morgan fingerprint density at radius 1 is 1.05 bits per heavy atom. The van der Waals surface area contributed by atoms with E-state index in [4.69, 9.17) is 4.74 Å². The van der Waals surface area contributed by atoms with Crippen LogP contribution >= 0.6 is 0 Å². The average Bonchev–Trinajstić information content (AvgIpc) is 2.53. The number of carbonyl (C=O) groups excluding carboxylic acids is 1. The number of hydrogen-bond acceptors (Lipinski definition) is 2. The van der Waals surface area contributed by atoms with E-state index < -0.39 is 0 Å². The molecule has 20 heavy (non-hydrogen) atoms. The van der Waals surface area contributed by atoms with Crippen LogP contribution in [0.25, 0.3) is 5.57 Å². The van der Waals surface area contributed by atoms with Gasteiger partial charge in [0.1, 0.15) is 12.0 Å². The van der Waals surface area contributed by atoms with Crippen molar-refractivity contribution in [2.75, 3.05) is 7.11 Å². The Balaban J connectivity index is 2.20. The molecule has 0 amide bonds. The molecule has 0 aromatic heterocycles. The molecular formula is C18H16O2. The van der Waals surface area contributed by atoms with E-state index in [0.29, 0.717) is 0 Å². The van der Waals surface area contributed by atoms with Crippen molar-refractivity contribution in [2.24, 2.45) is 0 Å². The number of rotatable bonds is 3. The molecule has 0 spiro atoms. The van der Waals surface area contributed by atoms with Gasteiger partial charge in [-0.05, 0) is 47.2 Å². The average molecular weight is 264 g/mol. The molecule has 0 N–H and O–H groups in total. The van der Waals surface area contributed by atoms with Crippen LogP contribution in [-0.4, -0.2) is 13.4 Å². The lowest BCUT2D eigenvalue weighted by Crippen LogP contribution is -2.07. The predicted octanol–water partition coefficient (Wildman–Crippen LogP) is 3.64. The Morgan fingerprint density at radius 3 is 2.55 bits per heavy atom. The zero-order valence-electron chi connectivity index (χ0n) is 11.4. The van der Waals surface area contributed by atoms with Gasteiger partial charge >= 0.3 is 0 Å². The van der Waals surface area contributed by atoms with Gasteiger partial charge in [0.2, 0.25) is 0 Å². The molecule has 2 aromatic carbocycles. The zero-order chi connectivity index (χ0) is 13.9. The largest absolute Gasteiger partial charge is 0.497 e. The molecule has 2 nitrogen and oxygen atoms in total. The molecule has 1 aliphatic carbocycles. The quantitative estimate of drug-likeness (QED) is 0.791. The lowest BCUT2D eigenvalue weighted by molar-refractivity contribution is -0.105. The number of aldehydes is 1. The molecule has 0 atom stereocenters. The summed E-state index contributed by atoms with van der Waals surface area (Å²) >= 11 is 0. The Kier molecular flexibility index (Phi) is 3.38. The number of carbonyl (C=O) groups is 1. The summed E-state index contributed by atoms with van der Waals surface area (Å²) in [6.07, 6.45) is 2.67. The normalized spacial score (nSPS) is 13.8. The molecule has 1 aliphatic rings. The van der Waals surface area contributed by atoms with Crippen LogP contribution in [-0.2, 0) is 11.2 Å². The molecule has 0 radical (unpaired) electrons. The van der Waals surface area contributed by atoms with Crippen LogP contribution in [0.5, 0.6) is 5.75 Å². The van der Waals surface area contributed by atoms with E-state index in [1.807, 2.05) is 24.3 Å². The first-order valence-electron chi connectivity index (χ1n) is 6.74. The van der Waals surface area contributed by atoms with Crippen LogP contribution in [0, 0.1) is 0 Å². The van der Waals surface area contributed by atoms with Gasteiger partial charge in [-0.3, -0.25) is 4.79 Å². The lowest BCUT2D eigenvalue weighted by atomic mass is 9.82. The first-order valence-corrected chi connectivity index (χ1v) is 6.74. The third kappa shape index (κ3) is 2.14. The summed E-state index contributed by atoms with van der Waals surface area (Å²) in [6, 6.07) is 16.2. The van der Waals surface area contributed by atoms with Crippen LogP contribution < -0.4 is 4.74 Å². The van der Waals surface area contributed by atoms with E-state index in [-0.39, 0.29) is 0 Å². The van der Waals surface area contributed by atoms with Gasteiger partial charge in [-0.1, -0.05) is 36.4 Å².